The SMILES string of the molecule is CCCCCCC1NC[C@H]2O[C@@H](CCOC(=O)CN(Cc3ccccc3)C(=O)CNC1=O)[C@@H]1OC(C)(C)O[C@@H]12. The predicted octanol–water partition coefficient (Wildman–Crippen LogP) is 2.29. The lowest BCUT2D eigenvalue weighted by Gasteiger charge is -2.27. The number of unbranched alkanes of at least 4 members (excludes halogenated alkanes) is 3. The minimum Gasteiger partial charge on any atom is -0.464 e. The molecule has 2 N–H and O–H groups in total. The van der Waals surface area contributed by atoms with Crippen molar-refractivity contribution in [1.82, 2.24) is 15.5 Å². The van der Waals surface area contributed by atoms with Gasteiger partial charge < -0.3 is 34.5 Å². The van der Waals surface area contributed by atoms with Crippen molar-refractivity contribution in [3.8, 4) is 0 Å². The Hall–Kier alpha value is -2.53. The topological polar surface area (TPSA) is 115 Å². The summed E-state index contributed by atoms with van der Waals surface area (Å²) in [5.74, 6) is -1.85. The van der Waals surface area contributed by atoms with Gasteiger partial charge in [0.1, 0.15) is 18.8 Å². The summed E-state index contributed by atoms with van der Waals surface area (Å²) in [6.07, 6.45) is 3.99. The average molecular weight is 546 g/mol. The molecule has 39 heavy (non-hydrogen) atoms. The highest BCUT2D eigenvalue weighted by molar-refractivity contribution is 5.89. The normalized spacial score (nSPS) is 30.1. The van der Waals surface area contributed by atoms with Crippen molar-refractivity contribution in [2.45, 2.75) is 102 Å². The molecule has 0 saturated carbocycles. The van der Waals surface area contributed by atoms with Crippen molar-refractivity contribution >= 4 is 17.8 Å². The first-order valence-corrected chi connectivity index (χ1v) is 14.2. The fourth-order valence-corrected chi connectivity index (χ4v) is 5.45. The second kappa shape index (κ2) is 13.7. The molecule has 0 spiro atoms. The second-order valence-corrected chi connectivity index (χ2v) is 11.1. The molecule has 2 bridgehead atoms. The van der Waals surface area contributed by atoms with E-state index < -0.39 is 17.8 Å². The highest BCUT2D eigenvalue weighted by Gasteiger charge is 2.54. The van der Waals surface area contributed by atoms with Crippen molar-refractivity contribution in [3.63, 3.8) is 0 Å². The number of nitrogens with zero attached hydrogens (tertiary/aromatic N) is 1. The molecule has 10 heteroatoms. The first-order chi connectivity index (χ1) is 18.8. The number of ether oxygens (including phenoxy) is 4. The number of esters is 1. The zero-order valence-corrected chi connectivity index (χ0v) is 23.4. The fourth-order valence-electron chi connectivity index (χ4n) is 5.45. The lowest BCUT2D eigenvalue weighted by molar-refractivity contribution is -0.188. The number of hydrogen-bond donors (Lipinski definition) is 2. The van der Waals surface area contributed by atoms with Gasteiger partial charge in [0.05, 0.1) is 31.4 Å². The van der Waals surface area contributed by atoms with E-state index in [1.807, 2.05) is 44.2 Å². The van der Waals surface area contributed by atoms with Crippen LogP contribution in [0.3, 0.4) is 0 Å². The maximum Gasteiger partial charge on any atom is 0.325 e. The molecule has 3 heterocycles. The van der Waals surface area contributed by atoms with Crippen LogP contribution in [0.15, 0.2) is 30.3 Å². The molecule has 10 nitrogen and oxygen atoms in total. The molecule has 0 radical (unpaired) electrons. The summed E-state index contributed by atoms with van der Waals surface area (Å²) >= 11 is 0. The predicted molar refractivity (Wildman–Crippen MR) is 143 cm³/mol. The largest absolute Gasteiger partial charge is 0.464 e. The van der Waals surface area contributed by atoms with Gasteiger partial charge in [-0.15, -0.1) is 0 Å². The van der Waals surface area contributed by atoms with Gasteiger partial charge in [-0.25, -0.2) is 0 Å². The summed E-state index contributed by atoms with van der Waals surface area (Å²) in [5.41, 5.74) is 0.882. The van der Waals surface area contributed by atoms with E-state index in [9.17, 15) is 14.4 Å². The van der Waals surface area contributed by atoms with Gasteiger partial charge in [-0.3, -0.25) is 14.4 Å². The molecule has 3 aliphatic heterocycles. The van der Waals surface area contributed by atoms with Gasteiger partial charge in [0, 0.05) is 19.5 Å². The van der Waals surface area contributed by atoms with Crippen LogP contribution in [0.5, 0.6) is 0 Å². The Morgan fingerprint density at radius 1 is 1.00 bits per heavy atom. The Labute approximate surface area is 231 Å². The molecule has 0 aliphatic carbocycles. The maximum absolute atomic E-state index is 13.2. The number of rotatable bonds is 7. The van der Waals surface area contributed by atoms with Gasteiger partial charge in [0.25, 0.3) is 0 Å². The molecule has 3 fully saturated rings. The molecular weight excluding hydrogens is 502 g/mol. The molecule has 216 valence electrons. The van der Waals surface area contributed by atoms with Gasteiger partial charge in [-0.2, -0.15) is 0 Å². The third-order valence-electron chi connectivity index (χ3n) is 7.44. The second-order valence-electron chi connectivity index (χ2n) is 11.1. The molecule has 0 aromatic heterocycles. The summed E-state index contributed by atoms with van der Waals surface area (Å²) < 4.78 is 24.1. The Morgan fingerprint density at radius 2 is 1.74 bits per heavy atom. The number of carbonyl (C=O) groups excluding carboxylic acids is 3. The number of hydrogen-bond acceptors (Lipinski definition) is 8. The van der Waals surface area contributed by atoms with Crippen molar-refractivity contribution in [1.29, 1.82) is 0 Å². The Balaban J connectivity index is 1.50. The molecule has 1 unspecified atom stereocenters. The Bertz CT molecular complexity index is 973. The van der Waals surface area contributed by atoms with Crippen LogP contribution in [-0.2, 0) is 39.9 Å². The average Bonchev–Trinajstić information content (AvgIpc) is 3.39. The Kier molecular flexibility index (Phi) is 10.3. The molecule has 1 aromatic carbocycles. The van der Waals surface area contributed by atoms with Crippen molar-refractivity contribution in [2.75, 3.05) is 26.2 Å². The highest BCUT2D eigenvalue weighted by Crippen LogP contribution is 2.39. The minimum absolute atomic E-state index is 0.140. The molecule has 4 rings (SSSR count). The van der Waals surface area contributed by atoms with E-state index in [0.717, 1.165) is 31.2 Å². The quantitative estimate of drug-likeness (QED) is 0.396. The van der Waals surface area contributed by atoms with E-state index in [2.05, 4.69) is 17.6 Å². The van der Waals surface area contributed by atoms with Crippen LogP contribution >= 0.6 is 0 Å². The van der Waals surface area contributed by atoms with Crippen molar-refractivity contribution in [2.24, 2.45) is 0 Å². The summed E-state index contributed by atoms with van der Waals surface area (Å²) in [4.78, 5) is 40.5. The third kappa shape index (κ3) is 8.23. The van der Waals surface area contributed by atoms with Crippen molar-refractivity contribution < 1.29 is 33.3 Å². The van der Waals surface area contributed by atoms with Gasteiger partial charge >= 0.3 is 5.97 Å². The number of benzene rings is 1. The van der Waals surface area contributed by atoms with Crippen LogP contribution in [0.25, 0.3) is 0 Å². The monoisotopic (exact) mass is 545 g/mol. The van der Waals surface area contributed by atoms with Crippen LogP contribution in [-0.4, -0.2) is 85.2 Å². The number of fused-ring (bicyclic) bond motifs is 5. The molecule has 3 aliphatic rings. The van der Waals surface area contributed by atoms with E-state index in [1.165, 1.54) is 4.90 Å². The molecule has 2 amide bonds. The molecular formula is C29H43N3O7. The number of amides is 2. The number of nitrogens with one attached hydrogen (secondary N) is 2. The molecule has 5 atom stereocenters. The van der Waals surface area contributed by atoms with E-state index >= 15 is 0 Å². The van der Waals surface area contributed by atoms with Gasteiger partial charge in [-0.1, -0.05) is 62.9 Å². The lowest BCUT2D eigenvalue weighted by Crippen LogP contribution is -2.51. The zero-order chi connectivity index (χ0) is 27.8. The summed E-state index contributed by atoms with van der Waals surface area (Å²) in [7, 11) is 0. The van der Waals surface area contributed by atoms with Crippen molar-refractivity contribution in [3.05, 3.63) is 35.9 Å². The number of carbonyl (C=O) groups is 3. The fraction of sp³-hybridized carbons (Fsp3) is 0.690. The van der Waals surface area contributed by atoms with Gasteiger partial charge in [0.2, 0.25) is 11.8 Å². The van der Waals surface area contributed by atoms with Crippen LogP contribution in [0.4, 0.5) is 0 Å². The summed E-state index contributed by atoms with van der Waals surface area (Å²) in [6, 6.07) is 8.95. The van der Waals surface area contributed by atoms with Crippen LogP contribution in [0.2, 0.25) is 0 Å². The van der Waals surface area contributed by atoms with Gasteiger partial charge in [-0.05, 0) is 25.8 Å². The zero-order valence-electron chi connectivity index (χ0n) is 23.4. The first kappa shape index (κ1) is 29.5. The molecule has 3 saturated heterocycles. The minimum atomic E-state index is -0.748. The van der Waals surface area contributed by atoms with Crippen LogP contribution in [0.1, 0.15) is 64.9 Å². The highest BCUT2D eigenvalue weighted by atomic mass is 16.8. The standard InChI is InChI=1S/C29H43N3O7/c1-4-5-6-10-13-21-28(35)31-17-24(33)32(18-20-11-8-7-9-12-20)19-25(34)36-15-14-22-26-27(23(37-22)16-30-21)39-29(2,3)38-26/h7-9,11-12,21-23,26-27,30H,4-6,10,13-19H2,1-3H3,(H,31,35)/t21?,22-,23+,26-,27+/m0/s1. The van der Waals surface area contributed by atoms with E-state index in [1.54, 1.807) is 0 Å². The van der Waals surface area contributed by atoms with Crippen LogP contribution < -0.4 is 10.6 Å². The van der Waals surface area contributed by atoms with Crippen LogP contribution in [0, 0.1) is 0 Å². The summed E-state index contributed by atoms with van der Waals surface area (Å²) in [6.45, 7) is 6.26. The third-order valence-corrected chi connectivity index (χ3v) is 7.44. The maximum atomic E-state index is 13.2. The lowest BCUT2D eigenvalue weighted by atomic mass is 10.0. The van der Waals surface area contributed by atoms with E-state index in [-0.39, 0.29) is 62.5 Å². The Morgan fingerprint density at radius 3 is 2.49 bits per heavy atom. The molecule has 1 aromatic rings. The van der Waals surface area contributed by atoms with E-state index in [0.29, 0.717) is 19.4 Å². The van der Waals surface area contributed by atoms with Gasteiger partial charge in [0.15, 0.2) is 5.79 Å². The summed E-state index contributed by atoms with van der Waals surface area (Å²) in [5, 5.41) is 6.18. The number of cyclic esters (lactones) is 1. The van der Waals surface area contributed by atoms with E-state index in [4.69, 9.17) is 18.9 Å². The smallest absolute Gasteiger partial charge is 0.325 e. The first-order valence-electron chi connectivity index (χ1n) is 14.2.